The Morgan fingerprint density at radius 1 is 1.12 bits per heavy atom. The predicted octanol–water partition coefficient (Wildman–Crippen LogP) is 2.86. The van der Waals surface area contributed by atoms with Crippen molar-refractivity contribution in [3.8, 4) is 5.75 Å². The number of nitrogens with one attached hydrogen (secondary N) is 1. The van der Waals surface area contributed by atoms with Crippen LogP contribution < -0.4 is 10.1 Å². The Kier molecular flexibility index (Phi) is 6.02. The minimum absolute atomic E-state index is 0.201. The van der Waals surface area contributed by atoms with E-state index in [2.05, 4.69) is 5.32 Å². The summed E-state index contributed by atoms with van der Waals surface area (Å²) in [5.41, 5.74) is 0.514. The number of hydrogen-bond acceptors (Lipinski definition) is 4. The van der Waals surface area contributed by atoms with Crippen molar-refractivity contribution in [2.24, 2.45) is 0 Å². The lowest BCUT2D eigenvalue weighted by Gasteiger charge is -2.39. The molecule has 0 bridgehead atoms. The average molecular weight is 345 g/mol. The summed E-state index contributed by atoms with van der Waals surface area (Å²) >= 11 is 0. The Morgan fingerprint density at radius 2 is 1.88 bits per heavy atom. The van der Waals surface area contributed by atoms with Crippen molar-refractivity contribution in [3.05, 3.63) is 66.0 Å². The van der Waals surface area contributed by atoms with E-state index in [1.165, 1.54) is 6.07 Å². The van der Waals surface area contributed by atoms with E-state index in [0.717, 1.165) is 24.2 Å². The first kappa shape index (κ1) is 17.9. The summed E-state index contributed by atoms with van der Waals surface area (Å²) in [6, 6.07) is 16.1. The van der Waals surface area contributed by atoms with Gasteiger partial charge in [0, 0.05) is 25.3 Å². The molecule has 1 unspecified atom stereocenters. The van der Waals surface area contributed by atoms with E-state index in [1.54, 1.807) is 12.1 Å². The van der Waals surface area contributed by atoms with Crippen LogP contribution in [0.4, 0.5) is 4.39 Å². The van der Waals surface area contributed by atoms with Crippen LogP contribution >= 0.6 is 0 Å². The number of aliphatic hydroxyl groups is 1. The van der Waals surface area contributed by atoms with E-state index in [-0.39, 0.29) is 18.0 Å². The first-order valence-electron chi connectivity index (χ1n) is 8.63. The smallest absolute Gasteiger partial charge is 0.123 e. The molecule has 1 fully saturated rings. The van der Waals surface area contributed by atoms with Crippen LogP contribution in [0, 0.1) is 5.82 Å². The second-order valence-electron chi connectivity index (χ2n) is 6.36. The summed E-state index contributed by atoms with van der Waals surface area (Å²) in [5, 5.41) is 13.7. The number of ether oxygens (including phenoxy) is 2. The first-order chi connectivity index (χ1) is 12.2. The number of aliphatic hydroxyl groups excluding tert-OH is 1. The number of halogens is 1. The fraction of sp³-hybridized carbons (Fsp3) is 0.400. The van der Waals surface area contributed by atoms with Crippen molar-refractivity contribution in [1.29, 1.82) is 0 Å². The van der Waals surface area contributed by atoms with Crippen LogP contribution in [0.2, 0.25) is 0 Å². The van der Waals surface area contributed by atoms with Crippen molar-refractivity contribution in [2.45, 2.75) is 24.5 Å². The van der Waals surface area contributed by atoms with Gasteiger partial charge in [0.1, 0.15) is 24.3 Å². The van der Waals surface area contributed by atoms with Crippen LogP contribution in [-0.4, -0.2) is 37.6 Å². The molecule has 0 radical (unpaired) electrons. The molecule has 0 aliphatic carbocycles. The largest absolute Gasteiger partial charge is 0.491 e. The van der Waals surface area contributed by atoms with Crippen LogP contribution in [0.25, 0.3) is 0 Å². The molecule has 3 rings (SSSR count). The lowest BCUT2D eigenvalue weighted by molar-refractivity contribution is 0.0257. The molecule has 4 nitrogen and oxygen atoms in total. The fourth-order valence-corrected chi connectivity index (χ4v) is 3.15. The summed E-state index contributed by atoms with van der Waals surface area (Å²) in [6.45, 7) is 1.79. The number of para-hydroxylation sites is 1. The van der Waals surface area contributed by atoms with Gasteiger partial charge >= 0.3 is 0 Å². The molecule has 2 aromatic rings. The summed E-state index contributed by atoms with van der Waals surface area (Å²) < 4.78 is 24.7. The van der Waals surface area contributed by atoms with Gasteiger partial charge in [-0.2, -0.15) is 0 Å². The predicted molar refractivity (Wildman–Crippen MR) is 94.1 cm³/mol. The van der Waals surface area contributed by atoms with Gasteiger partial charge < -0.3 is 19.9 Å². The molecule has 0 aromatic heterocycles. The standard InChI is InChI=1S/C20H24FNO3/c21-17-6-4-5-16(13-17)20(9-11-24-12-10-20)22-14-18(23)15-25-19-7-2-1-3-8-19/h1-8,13,18,22-23H,9-12,14-15H2. The molecule has 1 atom stereocenters. The Morgan fingerprint density at radius 3 is 2.60 bits per heavy atom. The molecule has 1 heterocycles. The monoisotopic (exact) mass is 345 g/mol. The van der Waals surface area contributed by atoms with Crippen LogP contribution in [0.1, 0.15) is 18.4 Å². The van der Waals surface area contributed by atoms with E-state index >= 15 is 0 Å². The Labute approximate surface area is 147 Å². The normalized spacial score (nSPS) is 17.8. The zero-order valence-electron chi connectivity index (χ0n) is 14.2. The van der Waals surface area contributed by atoms with Crippen LogP contribution in [0.3, 0.4) is 0 Å². The molecular formula is C20H24FNO3. The summed E-state index contributed by atoms with van der Waals surface area (Å²) in [4.78, 5) is 0. The van der Waals surface area contributed by atoms with Crippen molar-refractivity contribution in [2.75, 3.05) is 26.4 Å². The maximum absolute atomic E-state index is 13.7. The lowest BCUT2D eigenvalue weighted by Crippen LogP contribution is -2.50. The molecule has 134 valence electrons. The van der Waals surface area contributed by atoms with Gasteiger partial charge in [0.25, 0.3) is 0 Å². The highest BCUT2D eigenvalue weighted by Gasteiger charge is 2.34. The van der Waals surface area contributed by atoms with Crippen LogP contribution in [-0.2, 0) is 10.3 Å². The zero-order valence-corrected chi connectivity index (χ0v) is 14.2. The van der Waals surface area contributed by atoms with Crippen molar-refractivity contribution in [1.82, 2.24) is 5.32 Å². The molecule has 0 saturated carbocycles. The maximum Gasteiger partial charge on any atom is 0.123 e. The van der Waals surface area contributed by atoms with E-state index in [4.69, 9.17) is 9.47 Å². The Bertz CT molecular complexity index is 659. The second-order valence-corrected chi connectivity index (χ2v) is 6.36. The number of benzene rings is 2. The van der Waals surface area contributed by atoms with Gasteiger partial charge in [-0.3, -0.25) is 0 Å². The van der Waals surface area contributed by atoms with E-state index in [9.17, 15) is 9.50 Å². The average Bonchev–Trinajstić information content (AvgIpc) is 2.66. The van der Waals surface area contributed by atoms with E-state index < -0.39 is 6.10 Å². The van der Waals surface area contributed by atoms with E-state index in [1.807, 2.05) is 36.4 Å². The van der Waals surface area contributed by atoms with Gasteiger partial charge in [0.15, 0.2) is 0 Å². The van der Waals surface area contributed by atoms with Crippen molar-refractivity contribution in [3.63, 3.8) is 0 Å². The minimum Gasteiger partial charge on any atom is -0.491 e. The topological polar surface area (TPSA) is 50.7 Å². The highest BCUT2D eigenvalue weighted by Crippen LogP contribution is 2.32. The van der Waals surface area contributed by atoms with Gasteiger partial charge in [0.05, 0.1) is 0 Å². The van der Waals surface area contributed by atoms with Crippen LogP contribution in [0.15, 0.2) is 54.6 Å². The quantitative estimate of drug-likeness (QED) is 0.810. The lowest BCUT2D eigenvalue weighted by atomic mass is 9.82. The van der Waals surface area contributed by atoms with Crippen molar-refractivity contribution < 1.29 is 19.0 Å². The SMILES string of the molecule is OC(CNC1(c2cccc(F)c2)CCOCC1)COc1ccccc1. The first-order valence-corrected chi connectivity index (χ1v) is 8.63. The van der Waals surface area contributed by atoms with Crippen molar-refractivity contribution >= 4 is 0 Å². The second kappa shape index (κ2) is 8.43. The van der Waals surface area contributed by atoms with Gasteiger partial charge in [0.2, 0.25) is 0 Å². The molecule has 1 aliphatic heterocycles. The Balaban J connectivity index is 1.61. The summed E-state index contributed by atoms with van der Waals surface area (Å²) in [5.74, 6) is 0.477. The maximum atomic E-state index is 13.7. The highest BCUT2D eigenvalue weighted by atomic mass is 19.1. The zero-order chi connectivity index (χ0) is 17.5. The van der Waals surface area contributed by atoms with Gasteiger partial charge in [-0.1, -0.05) is 30.3 Å². The van der Waals surface area contributed by atoms with Gasteiger partial charge in [-0.05, 0) is 42.7 Å². The summed E-state index contributed by atoms with van der Waals surface area (Å²) in [7, 11) is 0. The van der Waals surface area contributed by atoms with Gasteiger partial charge in [-0.25, -0.2) is 4.39 Å². The Hall–Kier alpha value is -1.95. The molecule has 25 heavy (non-hydrogen) atoms. The molecule has 1 saturated heterocycles. The fourth-order valence-electron chi connectivity index (χ4n) is 3.15. The third-order valence-corrected chi connectivity index (χ3v) is 4.59. The molecule has 0 amide bonds. The van der Waals surface area contributed by atoms with Gasteiger partial charge in [-0.15, -0.1) is 0 Å². The molecule has 2 N–H and O–H groups in total. The third kappa shape index (κ3) is 4.78. The molecule has 5 heteroatoms. The minimum atomic E-state index is -0.659. The van der Waals surface area contributed by atoms with Crippen LogP contribution in [0.5, 0.6) is 5.75 Å². The number of hydrogen-bond donors (Lipinski definition) is 2. The molecule has 2 aromatic carbocycles. The summed E-state index contributed by atoms with van der Waals surface area (Å²) in [6.07, 6.45) is 0.819. The molecule has 0 spiro atoms. The van der Waals surface area contributed by atoms with E-state index in [0.29, 0.717) is 19.8 Å². The third-order valence-electron chi connectivity index (χ3n) is 4.59. The highest BCUT2D eigenvalue weighted by molar-refractivity contribution is 5.26. The molecular weight excluding hydrogens is 321 g/mol. The number of rotatable bonds is 7. The molecule has 1 aliphatic rings.